The zero-order valence-corrected chi connectivity index (χ0v) is 14.8. The summed E-state index contributed by atoms with van der Waals surface area (Å²) in [6.45, 7) is 6.14. The van der Waals surface area contributed by atoms with Crippen molar-refractivity contribution in [2.45, 2.75) is 64.0 Å². The number of hydrogen-bond acceptors (Lipinski definition) is 3. The van der Waals surface area contributed by atoms with Crippen molar-refractivity contribution in [1.29, 1.82) is 5.26 Å². The highest BCUT2D eigenvalue weighted by atomic mass is 16.6. The fourth-order valence-electron chi connectivity index (χ4n) is 3.46. The lowest BCUT2D eigenvalue weighted by Gasteiger charge is -2.40. The van der Waals surface area contributed by atoms with Crippen molar-refractivity contribution in [2.75, 3.05) is 6.54 Å². The van der Waals surface area contributed by atoms with Crippen LogP contribution in [0.5, 0.6) is 0 Å². The van der Waals surface area contributed by atoms with Crippen molar-refractivity contribution in [2.24, 2.45) is 5.41 Å². The number of rotatable bonds is 4. The average molecular weight is 326 g/mol. The molecule has 0 heterocycles. The van der Waals surface area contributed by atoms with Gasteiger partial charge in [-0.1, -0.05) is 36.8 Å². The monoisotopic (exact) mass is 326 g/mol. The van der Waals surface area contributed by atoms with Gasteiger partial charge in [-0.25, -0.2) is 4.79 Å². The SMILES string of the molecule is CC(C)(C)OC(=O)N(CC1(C#N)CCC1)C1CC1c1ccccc1. The van der Waals surface area contributed by atoms with Gasteiger partial charge in [0, 0.05) is 18.5 Å². The predicted octanol–water partition coefficient (Wildman–Crippen LogP) is 4.47. The summed E-state index contributed by atoms with van der Waals surface area (Å²) in [5.74, 6) is 0.356. The molecule has 1 amide bonds. The lowest BCUT2D eigenvalue weighted by Crippen LogP contribution is -2.47. The largest absolute Gasteiger partial charge is 0.444 e. The van der Waals surface area contributed by atoms with Crippen LogP contribution < -0.4 is 0 Å². The quantitative estimate of drug-likeness (QED) is 0.820. The van der Waals surface area contributed by atoms with E-state index in [4.69, 9.17) is 4.74 Å². The molecule has 128 valence electrons. The van der Waals surface area contributed by atoms with Crippen LogP contribution in [0.15, 0.2) is 30.3 Å². The van der Waals surface area contributed by atoms with Gasteiger partial charge in [-0.3, -0.25) is 0 Å². The number of nitriles is 1. The Morgan fingerprint density at radius 3 is 2.50 bits per heavy atom. The number of benzene rings is 1. The first-order valence-corrected chi connectivity index (χ1v) is 8.79. The molecule has 0 radical (unpaired) electrons. The maximum Gasteiger partial charge on any atom is 0.410 e. The van der Waals surface area contributed by atoms with Crippen LogP contribution in [-0.4, -0.2) is 29.2 Å². The smallest absolute Gasteiger partial charge is 0.410 e. The highest BCUT2D eigenvalue weighted by molar-refractivity contribution is 5.69. The lowest BCUT2D eigenvalue weighted by atomic mass is 9.69. The van der Waals surface area contributed by atoms with E-state index in [2.05, 4.69) is 18.2 Å². The van der Waals surface area contributed by atoms with Gasteiger partial charge in [0.25, 0.3) is 0 Å². The van der Waals surface area contributed by atoms with Gasteiger partial charge in [-0.2, -0.15) is 5.26 Å². The minimum atomic E-state index is -0.522. The Hall–Kier alpha value is -2.02. The van der Waals surface area contributed by atoms with E-state index < -0.39 is 5.60 Å². The lowest BCUT2D eigenvalue weighted by molar-refractivity contribution is 0.0107. The summed E-state index contributed by atoms with van der Waals surface area (Å²) in [7, 11) is 0. The van der Waals surface area contributed by atoms with Gasteiger partial charge in [0.15, 0.2) is 0 Å². The topological polar surface area (TPSA) is 53.3 Å². The molecule has 4 heteroatoms. The molecule has 0 aromatic heterocycles. The van der Waals surface area contributed by atoms with E-state index in [0.29, 0.717) is 12.5 Å². The third-order valence-electron chi connectivity index (χ3n) is 5.03. The first-order chi connectivity index (χ1) is 11.3. The van der Waals surface area contributed by atoms with E-state index in [0.717, 1.165) is 25.7 Å². The van der Waals surface area contributed by atoms with Crippen molar-refractivity contribution < 1.29 is 9.53 Å². The zero-order valence-electron chi connectivity index (χ0n) is 14.8. The van der Waals surface area contributed by atoms with Crippen LogP contribution >= 0.6 is 0 Å². The van der Waals surface area contributed by atoms with Crippen LogP contribution in [0.2, 0.25) is 0 Å². The molecule has 3 rings (SSSR count). The molecule has 0 N–H and O–H groups in total. The van der Waals surface area contributed by atoms with Crippen molar-refractivity contribution in [1.82, 2.24) is 4.90 Å². The Kier molecular flexibility index (Phi) is 4.29. The molecule has 0 spiro atoms. The maximum atomic E-state index is 12.7. The van der Waals surface area contributed by atoms with Crippen LogP contribution in [-0.2, 0) is 4.74 Å². The number of carbonyl (C=O) groups excluding carboxylic acids is 1. The van der Waals surface area contributed by atoms with E-state index in [-0.39, 0.29) is 17.6 Å². The number of nitrogens with zero attached hydrogens (tertiary/aromatic N) is 2. The highest BCUT2D eigenvalue weighted by Gasteiger charge is 2.50. The predicted molar refractivity (Wildman–Crippen MR) is 92.4 cm³/mol. The van der Waals surface area contributed by atoms with Crippen LogP contribution in [0, 0.1) is 16.7 Å². The summed E-state index contributed by atoms with van der Waals surface area (Å²) in [5, 5.41) is 9.56. The summed E-state index contributed by atoms with van der Waals surface area (Å²) in [5.41, 5.74) is 0.364. The standard InChI is InChI=1S/C20H26N2O2/c1-19(2,3)24-18(23)22(14-20(13-21)10-7-11-20)17-12-16(17)15-8-5-4-6-9-15/h4-6,8-9,16-17H,7,10-12,14H2,1-3H3. The summed E-state index contributed by atoms with van der Waals surface area (Å²) >= 11 is 0. The minimum absolute atomic E-state index is 0.146. The van der Waals surface area contributed by atoms with Gasteiger partial charge in [0.1, 0.15) is 5.60 Å². The molecule has 2 atom stereocenters. The van der Waals surface area contributed by atoms with Crippen LogP contribution in [0.4, 0.5) is 4.79 Å². The second-order valence-electron chi connectivity index (χ2n) is 8.17. The van der Waals surface area contributed by atoms with Gasteiger partial charge in [0.05, 0.1) is 11.5 Å². The molecule has 2 aliphatic carbocycles. The molecule has 0 saturated heterocycles. The van der Waals surface area contributed by atoms with Crippen molar-refractivity contribution >= 4 is 6.09 Å². The van der Waals surface area contributed by atoms with Crippen molar-refractivity contribution in [3.63, 3.8) is 0 Å². The van der Waals surface area contributed by atoms with Crippen molar-refractivity contribution in [3.8, 4) is 6.07 Å². The molecule has 2 saturated carbocycles. The number of ether oxygens (including phenoxy) is 1. The Balaban J connectivity index is 1.76. The third-order valence-corrected chi connectivity index (χ3v) is 5.03. The third kappa shape index (κ3) is 3.56. The number of hydrogen-bond donors (Lipinski definition) is 0. The molecule has 4 nitrogen and oxygen atoms in total. The molecule has 1 aromatic carbocycles. The summed E-state index contributed by atoms with van der Waals surface area (Å²) in [6, 6.07) is 12.9. The Bertz CT molecular complexity index is 638. The van der Waals surface area contributed by atoms with E-state index in [1.54, 1.807) is 0 Å². The highest BCUT2D eigenvalue weighted by Crippen LogP contribution is 2.48. The summed E-state index contributed by atoms with van der Waals surface area (Å²) < 4.78 is 5.62. The van der Waals surface area contributed by atoms with E-state index in [1.807, 2.05) is 43.9 Å². The molecular weight excluding hydrogens is 300 g/mol. The Morgan fingerprint density at radius 1 is 1.33 bits per heavy atom. The second kappa shape index (κ2) is 6.12. The first kappa shape index (κ1) is 16.8. The van der Waals surface area contributed by atoms with Crippen LogP contribution in [0.3, 0.4) is 0 Å². The molecule has 2 aliphatic rings. The second-order valence-corrected chi connectivity index (χ2v) is 8.17. The average Bonchev–Trinajstić information content (AvgIpc) is 3.26. The fraction of sp³-hybridized carbons (Fsp3) is 0.600. The molecular formula is C20H26N2O2. The minimum Gasteiger partial charge on any atom is -0.444 e. The van der Waals surface area contributed by atoms with E-state index in [1.165, 1.54) is 5.56 Å². The molecule has 2 unspecified atom stereocenters. The number of amides is 1. The fourth-order valence-corrected chi connectivity index (χ4v) is 3.46. The molecule has 2 fully saturated rings. The summed E-state index contributed by atoms with van der Waals surface area (Å²) in [4.78, 5) is 14.6. The Morgan fingerprint density at radius 2 is 2.00 bits per heavy atom. The zero-order chi connectivity index (χ0) is 17.4. The van der Waals surface area contributed by atoms with Gasteiger partial charge in [0.2, 0.25) is 0 Å². The summed E-state index contributed by atoms with van der Waals surface area (Å²) in [6.07, 6.45) is 3.50. The van der Waals surface area contributed by atoms with E-state index >= 15 is 0 Å². The first-order valence-electron chi connectivity index (χ1n) is 8.79. The number of carbonyl (C=O) groups is 1. The maximum absolute atomic E-state index is 12.7. The van der Waals surface area contributed by atoms with Gasteiger partial charge in [-0.15, -0.1) is 0 Å². The van der Waals surface area contributed by atoms with Gasteiger partial charge >= 0.3 is 6.09 Å². The Labute approximate surface area is 144 Å². The normalized spacial score (nSPS) is 24.4. The van der Waals surface area contributed by atoms with Crippen LogP contribution in [0.1, 0.15) is 57.9 Å². The molecule has 0 bridgehead atoms. The molecule has 24 heavy (non-hydrogen) atoms. The van der Waals surface area contributed by atoms with E-state index in [9.17, 15) is 10.1 Å². The molecule has 0 aliphatic heterocycles. The van der Waals surface area contributed by atoms with Crippen molar-refractivity contribution in [3.05, 3.63) is 35.9 Å². The molecule has 1 aromatic rings. The van der Waals surface area contributed by atoms with Gasteiger partial charge in [-0.05, 0) is 45.6 Å². The van der Waals surface area contributed by atoms with Crippen LogP contribution in [0.25, 0.3) is 0 Å². The van der Waals surface area contributed by atoms with Gasteiger partial charge < -0.3 is 9.64 Å².